The van der Waals surface area contributed by atoms with Gasteiger partial charge in [-0.2, -0.15) is 5.26 Å². The highest BCUT2D eigenvalue weighted by atomic mass is 16.5. The maximum absolute atomic E-state index is 8.63. The Hall–Kier alpha value is -1.59. The number of benzene rings is 1. The molecule has 0 atom stereocenters. The van der Waals surface area contributed by atoms with Gasteiger partial charge in [-0.3, -0.25) is 0 Å². The quantitative estimate of drug-likeness (QED) is 0.573. The topological polar surface area (TPSA) is 33.0 Å². The van der Waals surface area contributed by atoms with E-state index in [-0.39, 0.29) is 0 Å². The Kier molecular flexibility index (Phi) is 7.32. The van der Waals surface area contributed by atoms with Crippen molar-refractivity contribution in [3.05, 3.63) is 47.5 Å². The van der Waals surface area contributed by atoms with Gasteiger partial charge in [0, 0.05) is 12.7 Å². The van der Waals surface area contributed by atoms with E-state index in [1.807, 2.05) is 0 Å². The van der Waals surface area contributed by atoms with Crippen LogP contribution in [0, 0.1) is 23.2 Å². The van der Waals surface area contributed by atoms with Crippen LogP contribution in [0.5, 0.6) is 0 Å². The Morgan fingerprint density at radius 3 is 2.31 bits per heavy atom. The Bertz CT molecular complexity index is 596. The summed E-state index contributed by atoms with van der Waals surface area (Å²) < 4.78 is 6.26. The Morgan fingerprint density at radius 2 is 1.69 bits per heavy atom. The molecule has 1 aromatic carbocycles. The van der Waals surface area contributed by atoms with E-state index in [0.717, 1.165) is 37.7 Å². The zero-order chi connectivity index (χ0) is 18.2. The molecule has 0 aromatic heterocycles. The molecule has 2 saturated carbocycles. The second-order valence-corrected chi connectivity index (χ2v) is 8.17. The Morgan fingerprint density at radius 1 is 1.00 bits per heavy atom. The number of hydrogen-bond acceptors (Lipinski definition) is 2. The van der Waals surface area contributed by atoms with E-state index in [4.69, 9.17) is 10.00 Å². The van der Waals surface area contributed by atoms with Crippen LogP contribution in [0.1, 0.15) is 75.3 Å². The molecule has 1 aromatic rings. The van der Waals surface area contributed by atoms with Crippen molar-refractivity contribution in [1.82, 2.24) is 0 Å². The first-order valence-corrected chi connectivity index (χ1v) is 10.5. The van der Waals surface area contributed by atoms with Crippen LogP contribution in [-0.4, -0.2) is 12.7 Å². The monoisotopic (exact) mass is 351 g/mol. The van der Waals surface area contributed by atoms with Crippen molar-refractivity contribution in [2.45, 2.75) is 76.7 Å². The van der Waals surface area contributed by atoms with Crippen molar-refractivity contribution in [1.29, 1.82) is 5.26 Å². The molecule has 2 nitrogen and oxygen atoms in total. The minimum absolute atomic E-state index is 0.445. The van der Waals surface area contributed by atoms with Gasteiger partial charge < -0.3 is 4.74 Å². The molecule has 140 valence electrons. The number of nitriles is 1. The molecule has 2 aliphatic rings. The molecule has 2 aliphatic carbocycles. The molecule has 0 N–H and O–H groups in total. The van der Waals surface area contributed by atoms with Gasteiger partial charge in [-0.25, -0.2) is 0 Å². The van der Waals surface area contributed by atoms with Gasteiger partial charge in [0.15, 0.2) is 0 Å². The van der Waals surface area contributed by atoms with E-state index >= 15 is 0 Å². The van der Waals surface area contributed by atoms with E-state index in [0.29, 0.717) is 12.0 Å². The van der Waals surface area contributed by atoms with Crippen molar-refractivity contribution in [3.8, 4) is 6.07 Å². The molecule has 0 saturated heterocycles. The molecule has 0 spiro atoms. The number of aryl methyl sites for hydroxylation is 1. The van der Waals surface area contributed by atoms with E-state index in [1.54, 1.807) is 6.08 Å². The van der Waals surface area contributed by atoms with Crippen molar-refractivity contribution in [3.63, 3.8) is 0 Å². The number of hydrogen-bond donors (Lipinski definition) is 0. The first kappa shape index (κ1) is 19.2. The molecule has 0 heterocycles. The van der Waals surface area contributed by atoms with Gasteiger partial charge in [-0.15, -0.1) is 0 Å². The first-order chi connectivity index (χ1) is 12.8. The highest BCUT2D eigenvalue weighted by molar-refractivity contribution is 5.25. The summed E-state index contributed by atoms with van der Waals surface area (Å²) in [5.41, 5.74) is 2.97. The average Bonchev–Trinajstić information content (AvgIpc) is 2.72. The summed E-state index contributed by atoms with van der Waals surface area (Å²) in [7, 11) is 0. The standard InChI is InChI=1S/C24H33NO/c1-2-19-5-11-22(12-6-19)23-13-7-21(8-14-23)18-26-24-15-9-20(10-16-24)4-3-17-25/h3-6,11-12,20-21,23-24H,2,7-10,13-16,18H2,1H3/t20-,21-,23-,24-. The van der Waals surface area contributed by atoms with E-state index < -0.39 is 0 Å². The second-order valence-electron chi connectivity index (χ2n) is 8.17. The predicted molar refractivity (Wildman–Crippen MR) is 107 cm³/mol. The Labute approximate surface area is 159 Å². The van der Waals surface area contributed by atoms with Crippen LogP contribution >= 0.6 is 0 Å². The summed E-state index contributed by atoms with van der Waals surface area (Å²) >= 11 is 0. The van der Waals surface area contributed by atoms with Crippen molar-refractivity contribution >= 4 is 0 Å². The number of allylic oxidation sites excluding steroid dienone is 2. The van der Waals surface area contributed by atoms with E-state index in [1.165, 1.54) is 49.7 Å². The van der Waals surface area contributed by atoms with Crippen LogP contribution < -0.4 is 0 Å². The van der Waals surface area contributed by atoms with Gasteiger partial charge in [-0.05, 0) is 86.7 Å². The van der Waals surface area contributed by atoms with Gasteiger partial charge in [0.1, 0.15) is 0 Å². The molecular weight excluding hydrogens is 318 g/mol. The van der Waals surface area contributed by atoms with Crippen molar-refractivity contribution < 1.29 is 4.74 Å². The van der Waals surface area contributed by atoms with Crippen LogP contribution in [0.2, 0.25) is 0 Å². The largest absolute Gasteiger partial charge is 0.378 e. The summed E-state index contributed by atoms with van der Waals surface area (Å²) in [6, 6.07) is 11.4. The third-order valence-corrected chi connectivity index (χ3v) is 6.44. The molecule has 3 rings (SSSR count). The summed E-state index contributed by atoms with van der Waals surface area (Å²) in [5.74, 6) is 2.08. The SMILES string of the molecule is CCc1ccc([C@H]2CC[C@H](CO[C@H]3CC[C@H](C=CC#N)CC3)CC2)cc1. The second kappa shape index (κ2) is 9.93. The normalized spacial score (nSPS) is 29.5. The molecule has 0 unspecified atom stereocenters. The molecule has 0 amide bonds. The Balaban J connectivity index is 1.35. The van der Waals surface area contributed by atoms with Gasteiger partial charge in [0.05, 0.1) is 12.2 Å². The van der Waals surface area contributed by atoms with Crippen LogP contribution in [0.15, 0.2) is 36.4 Å². The van der Waals surface area contributed by atoms with Crippen LogP contribution in [0.4, 0.5) is 0 Å². The smallest absolute Gasteiger partial charge is 0.0908 e. The van der Waals surface area contributed by atoms with Crippen LogP contribution in [0.25, 0.3) is 0 Å². The number of rotatable bonds is 6. The fraction of sp³-hybridized carbons (Fsp3) is 0.625. The minimum atomic E-state index is 0.445. The molecule has 26 heavy (non-hydrogen) atoms. The fourth-order valence-electron chi connectivity index (χ4n) is 4.59. The summed E-state index contributed by atoms with van der Waals surface area (Å²) in [5, 5.41) is 8.63. The first-order valence-electron chi connectivity index (χ1n) is 10.5. The molecule has 2 heteroatoms. The van der Waals surface area contributed by atoms with Crippen LogP contribution in [0.3, 0.4) is 0 Å². The average molecular weight is 352 g/mol. The summed E-state index contributed by atoms with van der Waals surface area (Å²) in [6.45, 7) is 3.17. The number of ether oxygens (including phenoxy) is 1. The summed E-state index contributed by atoms with van der Waals surface area (Å²) in [4.78, 5) is 0. The lowest BCUT2D eigenvalue weighted by Gasteiger charge is -2.32. The highest BCUT2D eigenvalue weighted by Gasteiger charge is 2.25. The third kappa shape index (κ3) is 5.45. The zero-order valence-corrected chi connectivity index (χ0v) is 16.2. The minimum Gasteiger partial charge on any atom is -0.378 e. The van der Waals surface area contributed by atoms with E-state index in [9.17, 15) is 0 Å². The highest BCUT2D eigenvalue weighted by Crippen LogP contribution is 2.36. The van der Waals surface area contributed by atoms with Crippen LogP contribution in [-0.2, 0) is 11.2 Å². The molecular formula is C24H33NO. The van der Waals surface area contributed by atoms with Gasteiger partial charge in [0.25, 0.3) is 0 Å². The maximum atomic E-state index is 8.63. The van der Waals surface area contributed by atoms with E-state index in [2.05, 4.69) is 43.3 Å². The molecule has 0 aliphatic heterocycles. The van der Waals surface area contributed by atoms with Gasteiger partial charge in [0.2, 0.25) is 0 Å². The molecule has 0 radical (unpaired) electrons. The van der Waals surface area contributed by atoms with Gasteiger partial charge in [-0.1, -0.05) is 37.3 Å². The molecule has 0 bridgehead atoms. The van der Waals surface area contributed by atoms with Gasteiger partial charge >= 0.3 is 0 Å². The fourth-order valence-corrected chi connectivity index (χ4v) is 4.59. The lowest BCUT2D eigenvalue weighted by molar-refractivity contribution is -0.00456. The molecule has 2 fully saturated rings. The van der Waals surface area contributed by atoms with Crippen molar-refractivity contribution in [2.75, 3.05) is 6.61 Å². The maximum Gasteiger partial charge on any atom is 0.0908 e. The lowest BCUT2D eigenvalue weighted by atomic mass is 9.79. The summed E-state index contributed by atoms with van der Waals surface area (Å²) in [6.07, 6.45) is 15.2. The third-order valence-electron chi connectivity index (χ3n) is 6.44. The predicted octanol–water partition coefficient (Wildman–Crippen LogP) is 6.18. The number of nitrogens with zero attached hydrogens (tertiary/aromatic N) is 1. The van der Waals surface area contributed by atoms with Crippen molar-refractivity contribution in [2.24, 2.45) is 11.8 Å². The lowest BCUT2D eigenvalue weighted by Crippen LogP contribution is -2.25. The zero-order valence-electron chi connectivity index (χ0n) is 16.2.